The number of carboxylic acid groups (broad SMARTS) is 1. The van der Waals surface area contributed by atoms with E-state index in [1.54, 1.807) is 0 Å². The van der Waals surface area contributed by atoms with Gasteiger partial charge in [0.2, 0.25) is 0 Å². The number of anilines is 1. The van der Waals surface area contributed by atoms with Gasteiger partial charge in [0.25, 0.3) is 11.8 Å². The number of nitrogens with zero attached hydrogens (tertiary/aromatic N) is 2. The van der Waals surface area contributed by atoms with Crippen molar-refractivity contribution in [1.82, 2.24) is 4.98 Å². The van der Waals surface area contributed by atoms with Gasteiger partial charge in [0.05, 0.1) is 28.6 Å². The number of pyridine rings is 1. The van der Waals surface area contributed by atoms with Crippen LogP contribution in [0.5, 0.6) is 0 Å². The van der Waals surface area contributed by atoms with Gasteiger partial charge >= 0.3 is 5.97 Å². The molecule has 3 rings (SSSR count). The Kier molecular flexibility index (Phi) is 2.76. The second-order valence-electron chi connectivity index (χ2n) is 4.37. The molecule has 21 heavy (non-hydrogen) atoms. The molecule has 1 aromatic carbocycles. The molecule has 1 aliphatic rings. The second-order valence-corrected chi connectivity index (χ2v) is 4.37. The van der Waals surface area contributed by atoms with Gasteiger partial charge in [-0.1, -0.05) is 0 Å². The molecule has 1 N–H and O–H groups in total. The van der Waals surface area contributed by atoms with E-state index in [0.29, 0.717) is 0 Å². The highest BCUT2D eigenvalue weighted by Gasteiger charge is 2.37. The quantitative estimate of drug-likeness (QED) is 0.849. The Bertz CT molecular complexity index is 803. The smallest absolute Gasteiger partial charge is 0.337 e. The van der Waals surface area contributed by atoms with E-state index in [9.17, 15) is 18.8 Å². The topological polar surface area (TPSA) is 87.6 Å². The molecule has 0 saturated heterocycles. The van der Waals surface area contributed by atoms with Crippen LogP contribution < -0.4 is 4.90 Å². The molecule has 2 amide bonds. The first-order chi connectivity index (χ1) is 9.99. The Morgan fingerprint density at radius 3 is 2.52 bits per heavy atom. The van der Waals surface area contributed by atoms with Gasteiger partial charge in [0, 0.05) is 6.20 Å². The lowest BCUT2D eigenvalue weighted by Crippen LogP contribution is -2.29. The minimum atomic E-state index is -1.23. The van der Waals surface area contributed by atoms with Gasteiger partial charge in [-0.15, -0.1) is 0 Å². The highest BCUT2D eigenvalue weighted by Crippen LogP contribution is 2.28. The SMILES string of the molecule is O=C(O)c1cncc(N2C(=O)c3ccc(F)cc3C2=O)c1. The number of aromatic carboxylic acids is 1. The summed E-state index contributed by atoms with van der Waals surface area (Å²) in [6.45, 7) is 0. The number of imide groups is 1. The lowest BCUT2D eigenvalue weighted by atomic mass is 10.1. The highest BCUT2D eigenvalue weighted by atomic mass is 19.1. The summed E-state index contributed by atoms with van der Waals surface area (Å²) in [6.07, 6.45) is 2.30. The maximum absolute atomic E-state index is 13.2. The average molecular weight is 286 g/mol. The number of rotatable bonds is 2. The number of halogens is 1. The number of aromatic nitrogens is 1. The van der Waals surface area contributed by atoms with Crippen molar-refractivity contribution in [1.29, 1.82) is 0 Å². The molecule has 1 aliphatic heterocycles. The van der Waals surface area contributed by atoms with Crippen molar-refractivity contribution in [3.8, 4) is 0 Å². The third-order valence-corrected chi connectivity index (χ3v) is 3.08. The van der Waals surface area contributed by atoms with Crippen molar-refractivity contribution in [3.05, 3.63) is 59.2 Å². The van der Waals surface area contributed by atoms with Crippen LogP contribution in [-0.4, -0.2) is 27.9 Å². The van der Waals surface area contributed by atoms with Crippen LogP contribution in [-0.2, 0) is 0 Å². The van der Waals surface area contributed by atoms with Crippen LogP contribution in [0.1, 0.15) is 31.1 Å². The van der Waals surface area contributed by atoms with E-state index in [1.807, 2.05) is 0 Å². The van der Waals surface area contributed by atoms with E-state index in [2.05, 4.69) is 4.98 Å². The summed E-state index contributed by atoms with van der Waals surface area (Å²) in [4.78, 5) is 39.8. The van der Waals surface area contributed by atoms with Crippen LogP contribution in [0, 0.1) is 5.82 Å². The van der Waals surface area contributed by atoms with Crippen LogP contribution >= 0.6 is 0 Å². The molecule has 2 heterocycles. The third-order valence-electron chi connectivity index (χ3n) is 3.08. The number of hydrogen-bond donors (Lipinski definition) is 1. The first-order valence-corrected chi connectivity index (χ1v) is 5.85. The summed E-state index contributed by atoms with van der Waals surface area (Å²) in [5.41, 5.74) is -0.111. The van der Waals surface area contributed by atoms with Gasteiger partial charge in [-0.2, -0.15) is 0 Å². The van der Waals surface area contributed by atoms with Gasteiger partial charge in [-0.25, -0.2) is 14.1 Å². The Labute approximate surface area is 117 Å². The molecule has 6 nitrogen and oxygen atoms in total. The number of fused-ring (bicyclic) bond motifs is 1. The van der Waals surface area contributed by atoms with Crippen molar-refractivity contribution >= 4 is 23.5 Å². The molecule has 0 saturated carbocycles. The number of carboxylic acids is 1. The maximum atomic E-state index is 13.2. The zero-order valence-electron chi connectivity index (χ0n) is 10.4. The Morgan fingerprint density at radius 2 is 1.81 bits per heavy atom. The predicted molar refractivity (Wildman–Crippen MR) is 68.7 cm³/mol. The molecule has 0 unspecified atom stereocenters. The van der Waals surface area contributed by atoms with Gasteiger partial charge in [-0.3, -0.25) is 14.6 Å². The van der Waals surface area contributed by atoms with Crippen molar-refractivity contribution in [2.45, 2.75) is 0 Å². The molecule has 2 aromatic rings. The van der Waals surface area contributed by atoms with Gasteiger partial charge in [-0.05, 0) is 24.3 Å². The normalized spacial score (nSPS) is 13.5. The Balaban J connectivity index is 2.10. The van der Waals surface area contributed by atoms with Crippen molar-refractivity contribution in [2.24, 2.45) is 0 Å². The molecular formula is C14H7FN2O4. The standard InChI is InChI=1S/C14H7FN2O4/c15-8-1-2-10-11(4-8)13(19)17(12(10)18)9-3-7(14(20)21)5-16-6-9/h1-6H,(H,20,21). The third kappa shape index (κ3) is 1.95. The summed E-state index contributed by atoms with van der Waals surface area (Å²) < 4.78 is 13.2. The van der Waals surface area contributed by atoms with Crippen LogP contribution in [0.25, 0.3) is 0 Å². The monoisotopic (exact) mass is 286 g/mol. The Hall–Kier alpha value is -3.09. The molecule has 0 spiro atoms. The molecular weight excluding hydrogens is 279 g/mol. The van der Waals surface area contributed by atoms with Crippen LogP contribution in [0.2, 0.25) is 0 Å². The average Bonchev–Trinajstić information content (AvgIpc) is 2.70. The maximum Gasteiger partial charge on any atom is 0.337 e. The van der Waals surface area contributed by atoms with E-state index in [-0.39, 0.29) is 22.4 Å². The van der Waals surface area contributed by atoms with Gasteiger partial charge < -0.3 is 5.11 Å². The lowest BCUT2D eigenvalue weighted by Gasteiger charge is -2.13. The van der Waals surface area contributed by atoms with Crippen LogP contribution in [0.3, 0.4) is 0 Å². The van der Waals surface area contributed by atoms with E-state index in [0.717, 1.165) is 29.3 Å². The van der Waals surface area contributed by atoms with Gasteiger partial charge in [0.1, 0.15) is 5.82 Å². The fourth-order valence-electron chi connectivity index (χ4n) is 2.11. The van der Waals surface area contributed by atoms with Crippen molar-refractivity contribution in [3.63, 3.8) is 0 Å². The largest absolute Gasteiger partial charge is 0.478 e. The van der Waals surface area contributed by atoms with Crippen LogP contribution in [0.4, 0.5) is 10.1 Å². The molecule has 0 aliphatic carbocycles. The molecule has 1 aromatic heterocycles. The summed E-state index contributed by atoms with van der Waals surface area (Å²) in [5, 5.41) is 8.92. The first-order valence-electron chi connectivity index (χ1n) is 5.85. The predicted octanol–water partition coefficient (Wildman–Crippen LogP) is 1.72. The van der Waals surface area contributed by atoms with E-state index in [1.165, 1.54) is 12.3 Å². The number of carbonyl (C=O) groups is 3. The Morgan fingerprint density at radius 1 is 1.10 bits per heavy atom. The van der Waals surface area contributed by atoms with E-state index < -0.39 is 23.6 Å². The summed E-state index contributed by atoms with van der Waals surface area (Å²) in [6, 6.07) is 4.44. The molecule has 0 atom stereocenters. The van der Waals surface area contributed by atoms with Crippen LogP contribution in [0.15, 0.2) is 36.7 Å². The summed E-state index contributed by atoms with van der Waals surface area (Å²) in [7, 11) is 0. The zero-order valence-corrected chi connectivity index (χ0v) is 10.4. The molecule has 0 fully saturated rings. The molecule has 104 valence electrons. The summed E-state index contributed by atoms with van der Waals surface area (Å²) >= 11 is 0. The fraction of sp³-hybridized carbons (Fsp3) is 0. The first kappa shape index (κ1) is 12.9. The number of hydrogen-bond acceptors (Lipinski definition) is 4. The second kappa shape index (κ2) is 4.48. The fourth-order valence-corrected chi connectivity index (χ4v) is 2.11. The number of benzene rings is 1. The minimum absolute atomic E-state index is 0.0292. The minimum Gasteiger partial charge on any atom is -0.478 e. The summed E-state index contributed by atoms with van der Waals surface area (Å²) in [5.74, 6) is -3.21. The van der Waals surface area contributed by atoms with E-state index >= 15 is 0 Å². The number of amides is 2. The molecule has 7 heteroatoms. The van der Waals surface area contributed by atoms with Crippen molar-refractivity contribution < 1.29 is 23.9 Å². The van der Waals surface area contributed by atoms with E-state index in [4.69, 9.17) is 5.11 Å². The highest BCUT2D eigenvalue weighted by molar-refractivity contribution is 6.34. The lowest BCUT2D eigenvalue weighted by molar-refractivity contribution is 0.0695. The molecule has 0 radical (unpaired) electrons. The molecule has 0 bridgehead atoms. The van der Waals surface area contributed by atoms with Gasteiger partial charge in [0.15, 0.2) is 0 Å². The number of carbonyl (C=O) groups excluding carboxylic acids is 2. The zero-order chi connectivity index (χ0) is 15.1. The van der Waals surface area contributed by atoms with Crippen molar-refractivity contribution in [2.75, 3.05) is 4.90 Å².